The number of sulfonamides is 1. The van der Waals surface area contributed by atoms with Crippen molar-refractivity contribution < 1.29 is 18.3 Å². The number of carbonyl (C=O) groups excluding carboxylic acids is 1. The van der Waals surface area contributed by atoms with Crippen molar-refractivity contribution in [3.05, 3.63) is 42.5 Å². The van der Waals surface area contributed by atoms with Gasteiger partial charge < -0.3 is 9.90 Å². The van der Waals surface area contributed by atoms with E-state index < -0.39 is 22.0 Å². The van der Waals surface area contributed by atoms with Crippen LogP contribution in [0.4, 0.5) is 0 Å². The Morgan fingerprint density at radius 3 is 2.55 bits per heavy atom. The second-order valence-corrected chi connectivity index (χ2v) is 7.35. The zero-order valence-corrected chi connectivity index (χ0v) is 12.8. The average Bonchev–Trinajstić information content (AvgIpc) is 2.54. The van der Waals surface area contributed by atoms with Crippen molar-refractivity contribution in [2.45, 2.75) is 30.2 Å². The topological polar surface area (TPSA) is 77.5 Å². The van der Waals surface area contributed by atoms with Gasteiger partial charge in [0.25, 0.3) is 0 Å². The lowest BCUT2D eigenvalue weighted by Gasteiger charge is -2.35. The lowest BCUT2D eigenvalue weighted by molar-refractivity contribution is -0.311. The standard InChI is InChI=1S/C16H17NO4S/c18-16(19)15-7-3-4-10-17(15)22(20,21)14-9-8-12-5-1-2-6-13(12)11-14/h1-2,5-6,8-9,11,15H,3-4,7,10H2,(H,18,19)/p-1/t15-/m0/s1. The van der Waals surface area contributed by atoms with E-state index in [2.05, 4.69) is 0 Å². The lowest BCUT2D eigenvalue weighted by Crippen LogP contribution is -2.52. The third-order valence-electron chi connectivity index (χ3n) is 4.05. The maximum Gasteiger partial charge on any atom is 0.243 e. The monoisotopic (exact) mass is 318 g/mol. The molecule has 1 atom stereocenters. The summed E-state index contributed by atoms with van der Waals surface area (Å²) < 4.78 is 26.6. The summed E-state index contributed by atoms with van der Waals surface area (Å²) in [6.45, 7) is 0.216. The van der Waals surface area contributed by atoms with Crippen molar-refractivity contribution in [1.29, 1.82) is 0 Å². The number of rotatable bonds is 3. The van der Waals surface area contributed by atoms with Gasteiger partial charge >= 0.3 is 0 Å². The molecule has 0 spiro atoms. The Balaban J connectivity index is 2.04. The van der Waals surface area contributed by atoms with Crippen LogP contribution in [-0.2, 0) is 14.8 Å². The molecule has 0 N–H and O–H groups in total. The first-order valence-corrected chi connectivity index (χ1v) is 8.66. The van der Waals surface area contributed by atoms with Gasteiger partial charge in [0, 0.05) is 6.54 Å². The molecule has 2 aromatic rings. The first kappa shape index (κ1) is 15.0. The summed E-state index contributed by atoms with van der Waals surface area (Å²) in [4.78, 5) is 11.4. The molecule has 0 amide bonds. The SMILES string of the molecule is O=C([O-])[C@@H]1CCCCN1S(=O)(=O)c1ccc2ccccc2c1. The number of piperidine rings is 1. The van der Waals surface area contributed by atoms with E-state index in [-0.39, 0.29) is 11.4 Å². The molecule has 1 heterocycles. The minimum Gasteiger partial charge on any atom is -0.548 e. The molecule has 0 aromatic heterocycles. The van der Waals surface area contributed by atoms with Crippen molar-refractivity contribution in [2.24, 2.45) is 0 Å². The molecule has 116 valence electrons. The highest BCUT2D eigenvalue weighted by Crippen LogP contribution is 2.27. The number of hydrogen-bond donors (Lipinski definition) is 0. The molecule has 0 unspecified atom stereocenters. The molecule has 0 radical (unpaired) electrons. The molecule has 2 aromatic carbocycles. The molecule has 22 heavy (non-hydrogen) atoms. The van der Waals surface area contributed by atoms with Crippen LogP contribution in [0.3, 0.4) is 0 Å². The summed E-state index contributed by atoms with van der Waals surface area (Å²) in [5.41, 5.74) is 0. The molecular weight excluding hydrogens is 302 g/mol. The van der Waals surface area contributed by atoms with E-state index in [1.807, 2.05) is 24.3 Å². The van der Waals surface area contributed by atoms with Crippen LogP contribution in [-0.4, -0.2) is 31.3 Å². The van der Waals surface area contributed by atoms with E-state index in [1.165, 1.54) is 6.07 Å². The van der Waals surface area contributed by atoms with Crippen molar-refractivity contribution in [3.63, 3.8) is 0 Å². The van der Waals surface area contributed by atoms with E-state index in [0.717, 1.165) is 15.1 Å². The predicted molar refractivity (Wildman–Crippen MR) is 80.5 cm³/mol. The van der Waals surface area contributed by atoms with Gasteiger partial charge in [-0.2, -0.15) is 4.31 Å². The number of benzene rings is 2. The van der Waals surface area contributed by atoms with Crippen LogP contribution in [0.25, 0.3) is 10.8 Å². The molecule has 0 saturated carbocycles. The average molecular weight is 318 g/mol. The zero-order valence-electron chi connectivity index (χ0n) is 11.9. The zero-order chi connectivity index (χ0) is 15.7. The molecule has 0 aliphatic carbocycles. The fourth-order valence-corrected chi connectivity index (χ4v) is 4.57. The largest absolute Gasteiger partial charge is 0.548 e. The van der Waals surface area contributed by atoms with Gasteiger partial charge in [-0.05, 0) is 35.7 Å². The van der Waals surface area contributed by atoms with Gasteiger partial charge in [-0.1, -0.05) is 36.8 Å². The molecule has 6 heteroatoms. The molecule has 1 fully saturated rings. The number of aliphatic carboxylic acids is 1. The predicted octanol–water partition coefficient (Wildman–Crippen LogP) is 1.13. The summed E-state index contributed by atoms with van der Waals surface area (Å²) in [5.74, 6) is -1.33. The first-order chi connectivity index (χ1) is 10.5. The highest BCUT2D eigenvalue weighted by Gasteiger charge is 2.34. The van der Waals surface area contributed by atoms with Crippen molar-refractivity contribution in [1.82, 2.24) is 4.31 Å². The smallest absolute Gasteiger partial charge is 0.243 e. The summed E-state index contributed by atoms with van der Waals surface area (Å²) in [6.07, 6.45) is 1.66. The second kappa shape index (κ2) is 5.70. The van der Waals surface area contributed by atoms with E-state index in [9.17, 15) is 18.3 Å². The molecule has 5 nitrogen and oxygen atoms in total. The minimum atomic E-state index is -3.84. The number of hydrogen-bond acceptors (Lipinski definition) is 4. The summed E-state index contributed by atoms with van der Waals surface area (Å²) in [5, 5.41) is 13.0. The summed E-state index contributed by atoms with van der Waals surface area (Å²) in [6, 6.07) is 11.2. The Labute approximate surface area is 129 Å². The highest BCUT2D eigenvalue weighted by molar-refractivity contribution is 7.89. The maximum absolute atomic E-state index is 12.8. The van der Waals surface area contributed by atoms with Gasteiger partial charge in [0.2, 0.25) is 10.0 Å². The first-order valence-electron chi connectivity index (χ1n) is 7.22. The van der Waals surface area contributed by atoms with Crippen LogP contribution >= 0.6 is 0 Å². The van der Waals surface area contributed by atoms with E-state index >= 15 is 0 Å². The molecular formula is C16H16NO4S-. The van der Waals surface area contributed by atoms with Crippen LogP contribution < -0.4 is 5.11 Å². The van der Waals surface area contributed by atoms with Crippen LogP contribution in [0, 0.1) is 0 Å². The quantitative estimate of drug-likeness (QED) is 0.850. The van der Waals surface area contributed by atoms with E-state index in [4.69, 9.17) is 0 Å². The van der Waals surface area contributed by atoms with E-state index in [1.54, 1.807) is 12.1 Å². The fourth-order valence-electron chi connectivity index (χ4n) is 2.89. The van der Waals surface area contributed by atoms with Gasteiger partial charge in [0.1, 0.15) is 0 Å². The van der Waals surface area contributed by atoms with Gasteiger partial charge in [-0.15, -0.1) is 0 Å². The number of carboxylic acids is 1. The fraction of sp³-hybridized carbons (Fsp3) is 0.312. The molecule has 1 saturated heterocycles. The van der Waals surface area contributed by atoms with Crippen molar-refractivity contribution in [2.75, 3.05) is 6.54 Å². The minimum absolute atomic E-state index is 0.124. The lowest BCUT2D eigenvalue weighted by atomic mass is 10.1. The van der Waals surface area contributed by atoms with Crippen LogP contribution in [0.5, 0.6) is 0 Å². The normalized spacial score (nSPS) is 20.1. The molecule has 1 aliphatic heterocycles. The number of nitrogens with zero attached hydrogens (tertiary/aromatic N) is 1. The van der Waals surface area contributed by atoms with Gasteiger partial charge in [0.15, 0.2) is 0 Å². The third-order valence-corrected chi connectivity index (χ3v) is 5.96. The highest BCUT2D eigenvalue weighted by atomic mass is 32.2. The summed E-state index contributed by atoms with van der Waals surface area (Å²) in [7, 11) is -3.84. The number of carbonyl (C=O) groups is 1. The second-order valence-electron chi connectivity index (χ2n) is 5.46. The van der Waals surface area contributed by atoms with Crippen molar-refractivity contribution >= 4 is 26.8 Å². The Morgan fingerprint density at radius 1 is 1.09 bits per heavy atom. The molecule has 1 aliphatic rings. The Hall–Kier alpha value is -1.92. The molecule has 3 rings (SSSR count). The summed E-state index contributed by atoms with van der Waals surface area (Å²) >= 11 is 0. The van der Waals surface area contributed by atoms with Gasteiger partial charge in [0.05, 0.1) is 16.9 Å². The number of carboxylic acid groups (broad SMARTS) is 1. The van der Waals surface area contributed by atoms with Crippen molar-refractivity contribution in [3.8, 4) is 0 Å². The Kier molecular flexibility index (Phi) is 3.88. The van der Waals surface area contributed by atoms with Gasteiger partial charge in [-0.3, -0.25) is 0 Å². The van der Waals surface area contributed by atoms with Crippen LogP contribution in [0.2, 0.25) is 0 Å². The number of fused-ring (bicyclic) bond motifs is 1. The molecule has 0 bridgehead atoms. The van der Waals surface area contributed by atoms with Gasteiger partial charge in [-0.25, -0.2) is 8.42 Å². The van der Waals surface area contributed by atoms with Crippen LogP contribution in [0.1, 0.15) is 19.3 Å². The Morgan fingerprint density at radius 2 is 1.82 bits per heavy atom. The van der Waals surface area contributed by atoms with E-state index in [0.29, 0.717) is 19.3 Å². The maximum atomic E-state index is 12.8. The Bertz CT molecular complexity index is 816. The third kappa shape index (κ3) is 2.60. The van der Waals surface area contributed by atoms with Crippen LogP contribution in [0.15, 0.2) is 47.4 Å².